The number of rotatable bonds is 9. The van der Waals surface area contributed by atoms with Gasteiger partial charge >= 0.3 is 0 Å². The normalized spacial score (nSPS) is 19.9. The molecular formula is C34H53N3O. The molecule has 0 N–H and O–H groups in total. The summed E-state index contributed by atoms with van der Waals surface area (Å²) in [5.74, 6) is 2.96. The summed E-state index contributed by atoms with van der Waals surface area (Å²) in [4.78, 5) is 7.66. The highest BCUT2D eigenvalue weighted by molar-refractivity contribution is 5.30. The first kappa shape index (κ1) is 29.1. The van der Waals surface area contributed by atoms with Crippen molar-refractivity contribution in [2.45, 2.75) is 85.9 Å². The van der Waals surface area contributed by atoms with Crippen molar-refractivity contribution in [2.75, 3.05) is 45.8 Å². The molecule has 0 radical (unpaired) electrons. The zero-order valence-electron chi connectivity index (χ0n) is 25.4. The number of benzene rings is 2. The van der Waals surface area contributed by atoms with Crippen molar-refractivity contribution in [3.63, 3.8) is 0 Å². The van der Waals surface area contributed by atoms with Gasteiger partial charge in [0.15, 0.2) is 0 Å². The van der Waals surface area contributed by atoms with E-state index in [1.165, 1.54) is 49.4 Å². The second-order valence-electron chi connectivity index (χ2n) is 13.6. The quantitative estimate of drug-likeness (QED) is 0.360. The number of hydrogen-bond acceptors (Lipinski definition) is 4. The topological polar surface area (TPSA) is 19.0 Å². The SMILES string of the molecule is CC(C)CN1CC(Oc2cccc(C(C)C)c2)C1.CC(C)c1cccc(CN2CC3(C2)CN(C(C)C)C3)c1. The summed E-state index contributed by atoms with van der Waals surface area (Å²) >= 11 is 0. The van der Waals surface area contributed by atoms with Crippen molar-refractivity contribution in [1.29, 1.82) is 0 Å². The highest BCUT2D eigenvalue weighted by Crippen LogP contribution is 2.41. The summed E-state index contributed by atoms with van der Waals surface area (Å²) in [5.41, 5.74) is 4.93. The van der Waals surface area contributed by atoms with Crippen LogP contribution in [0.4, 0.5) is 0 Å². The minimum atomic E-state index is 0.381. The first-order chi connectivity index (χ1) is 18.0. The van der Waals surface area contributed by atoms with Crippen LogP contribution in [-0.2, 0) is 6.54 Å². The molecule has 1 spiro atoms. The first-order valence-corrected chi connectivity index (χ1v) is 15.1. The molecule has 4 nitrogen and oxygen atoms in total. The van der Waals surface area contributed by atoms with Crippen LogP contribution in [0.25, 0.3) is 0 Å². The maximum Gasteiger partial charge on any atom is 0.124 e. The van der Waals surface area contributed by atoms with E-state index in [1.54, 1.807) is 0 Å². The number of ether oxygens (including phenoxy) is 1. The van der Waals surface area contributed by atoms with E-state index in [-0.39, 0.29) is 0 Å². The van der Waals surface area contributed by atoms with Crippen molar-refractivity contribution in [2.24, 2.45) is 11.3 Å². The lowest BCUT2D eigenvalue weighted by molar-refractivity contribution is -0.128. The average Bonchev–Trinajstić information content (AvgIpc) is 2.78. The molecule has 0 aliphatic carbocycles. The zero-order chi connectivity index (χ0) is 27.4. The smallest absolute Gasteiger partial charge is 0.124 e. The molecule has 3 saturated heterocycles. The second-order valence-corrected chi connectivity index (χ2v) is 13.6. The van der Waals surface area contributed by atoms with Gasteiger partial charge in [0.25, 0.3) is 0 Å². The Labute approximate surface area is 233 Å². The van der Waals surface area contributed by atoms with Crippen molar-refractivity contribution >= 4 is 0 Å². The third-order valence-corrected chi connectivity index (χ3v) is 8.32. The van der Waals surface area contributed by atoms with Gasteiger partial charge < -0.3 is 4.74 Å². The molecular weight excluding hydrogens is 466 g/mol. The molecule has 2 aromatic carbocycles. The van der Waals surface area contributed by atoms with Crippen LogP contribution in [-0.4, -0.2) is 72.7 Å². The molecule has 3 fully saturated rings. The predicted octanol–water partition coefficient (Wildman–Crippen LogP) is 6.87. The summed E-state index contributed by atoms with van der Waals surface area (Å²) in [6, 6.07) is 18.3. The Morgan fingerprint density at radius 3 is 1.95 bits per heavy atom. The van der Waals surface area contributed by atoms with Crippen molar-refractivity contribution in [1.82, 2.24) is 14.7 Å². The van der Waals surface area contributed by atoms with Crippen LogP contribution in [0, 0.1) is 11.3 Å². The van der Waals surface area contributed by atoms with Gasteiger partial charge in [0.05, 0.1) is 0 Å². The lowest BCUT2D eigenvalue weighted by Gasteiger charge is -2.61. The molecule has 0 atom stereocenters. The maximum atomic E-state index is 6.01. The summed E-state index contributed by atoms with van der Waals surface area (Å²) in [6.07, 6.45) is 0.381. The van der Waals surface area contributed by atoms with Crippen LogP contribution in [0.2, 0.25) is 0 Å². The Hall–Kier alpha value is -1.88. The van der Waals surface area contributed by atoms with Crippen molar-refractivity contribution < 1.29 is 4.74 Å². The lowest BCUT2D eigenvalue weighted by Crippen LogP contribution is -2.72. The summed E-state index contributed by atoms with van der Waals surface area (Å²) in [5, 5.41) is 0. The monoisotopic (exact) mass is 519 g/mol. The fourth-order valence-electron chi connectivity index (χ4n) is 6.11. The van der Waals surface area contributed by atoms with Gasteiger partial charge in [-0.25, -0.2) is 0 Å². The van der Waals surface area contributed by atoms with Gasteiger partial charge in [-0.2, -0.15) is 0 Å². The molecule has 3 heterocycles. The molecule has 0 amide bonds. The average molecular weight is 520 g/mol. The largest absolute Gasteiger partial charge is 0.488 e. The van der Waals surface area contributed by atoms with E-state index in [0.717, 1.165) is 37.3 Å². The molecule has 38 heavy (non-hydrogen) atoms. The standard InChI is InChI=1S/C18H28N2.C16H25NO/c1-14(2)17-7-5-6-16(8-17)9-19-10-18(11-19)12-20(13-18)15(3)4;1-12(2)9-17-10-16(11-17)18-15-7-5-6-14(8-15)13(3)4/h5-8,14-15H,9-13H2,1-4H3;5-8,12-13,16H,9-11H2,1-4H3. The number of nitrogens with zero attached hydrogens (tertiary/aromatic N) is 3. The van der Waals surface area contributed by atoms with Gasteiger partial charge in [0, 0.05) is 63.8 Å². The fourth-order valence-corrected chi connectivity index (χ4v) is 6.11. The van der Waals surface area contributed by atoms with E-state index in [4.69, 9.17) is 4.74 Å². The molecule has 4 heteroatoms. The zero-order valence-corrected chi connectivity index (χ0v) is 25.4. The van der Waals surface area contributed by atoms with Crippen LogP contribution in [0.15, 0.2) is 48.5 Å². The van der Waals surface area contributed by atoms with E-state index >= 15 is 0 Å². The minimum Gasteiger partial charge on any atom is -0.488 e. The molecule has 3 aliphatic rings. The van der Waals surface area contributed by atoms with Gasteiger partial charge in [-0.15, -0.1) is 0 Å². The molecule has 2 aromatic rings. The van der Waals surface area contributed by atoms with Gasteiger partial charge in [-0.05, 0) is 60.4 Å². The van der Waals surface area contributed by atoms with Gasteiger partial charge in [0.1, 0.15) is 11.9 Å². The summed E-state index contributed by atoms with van der Waals surface area (Å²) in [7, 11) is 0. The van der Waals surface area contributed by atoms with E-state index in [9.17, 15) is 0 Å². The van der Waals surface area contributed by atoms with Crippen LogP contribution in [0.3, 0.4) is 0 Å². The van der Waals surface area contributed by atoms with Crippen molar-refractivity contribution in [3.8, 4) is 5.75 Å². The second kappa shape index (κ2) is 12.5. The van der Waals surface area contributed by atoms with E-state index < -0.39 is 0 Å². The van der Waals surface area contributed by atoms with Crippen LogP contribution < -0.4 is 4.74 Å². The lowest BCUT2D eigenvalue weighted by atomic mass is 9.72. The number of hydrogen-bond donors (Lipinski definition) is 0. The third kappa shape index (κ3) is 7.61. The van der Waals surface area contributed by atoms with Crippen LogP contribution >= 0.6 is 0 Å². The van der Waals surface area contributed by atoms with Crippen molar-refractivity contribution in [3.05, 3.63) is 65.2 Å². The molecule has 0 bridgehead atoms. The van der Waals surface area contributed by atoms with E-state index in [2.05, 4.69) is 119 Å². The Morgan fingerprint density at radius 1 is 0.763 bits per heavy atom. The van der Waals surface area contributed by atoms with Gasteiger partial charge in [-0.3, -0.25) is 14.7 Å². The maximum absolute atomic E-state index is 6.01. The third-order valence-electron chi connectivity index (χ3n) is 8.32. The molecule has 210 valence electrons. The highest BCUT2D eigenvalue weighted by atomic mass is 16.5. The van der Waals surface area contributed by atoms with Gasteiger partial charge in [0.2, 0.25) is 0 Å². The number of likely N-dealkylation sites (tertiary alicyclic amines) is 3. The molecule has 3 aliphatic heterocycles. The van der Waals surface area contributed by atoms with Crippen LogP contribution in [0.5, 0.6) is 5.75 Å². The summed E-state index contributed by atoms with van der Waals surface area (Å²) < 4.78 is 6.01. The van der Waals surface area contributed by atoms with E-state index in [1.807, 2.05) is 0 Å². The Morgan fingerprint density at radius 2 is 1.37 bits per heavy atom. The first-order valence-electron chi connectivity index (χ1n) is 15.1. The Bertz CT molecular complexity index is 1010. The Kier molecular flexibility index (Phi) is 9.60. The predicted molar refractivity (Wildman–Crippen MR) is 161 cm³/mol. The van der Waals surface area contributed by atoms with Crippen LogP contribution in [0.1, 0.15) is 83.9 Å². The fraction of sp³-hybridized carbons (Fsp3) is 0.647. The highest BCUT2D eigenvalue weighted by Gasteiger charge is 2.51. The molecule has 5 rings (SSSR count). The van der Waals surface area contributed by atoms with E-state index in [0.29, 0.717) is 23.4 Å². The molecule has 0 aromatic heterocycles. The van der Waals surface area contributed by atoms with Gasteiger partial charge in [-0.1, -0.05) is 77.9 Å². The summed E-state index contributed by atoms with van der Waals surface area (Å²) in [6.45, 7) is 27.8. The Balaban J connectivity index is 0.000000178. The molecule has 0 unspecified atom stereocenters. The minimum absolute atomic E-state index is 0.381. The molecule has 0 saturated carbocycles.